The van der Waals surface area contributed by atoms with Crippen LogP contribution in [0.15, 0.2) is 0 Å². The van der Waals surface area contributed by atoms with Crippen LogP contribution in [0.25, 0.3) is 0 Å². The number of carboxylic acid groups (broad SMARTS) is 1. The molecule has 0 heterocycles. The van der Waals surface area contributed by atoms with Gasteiger partial charge in [0.25, 0.3) is 0 Å². The standard InChI is InChI=1S/C14H22O8/c1-3-5-8-21-11(15)6-7-12(16)22-10(14(18)19)9-13(17)20-4-2/h10H,3-9H2,1-2H3,(H,18,19)/t10-/m0/s1. The van der Waals surface area contributed by atoms with Crippen molar-refractivity contribution in [2.24, 2.45) is 0 Å². The number of ether oxygens (including phenoxy) is 3. The van der Waals surface area contributed by atoms with E-state index in [1.165, 1.54) is 0 Å². The SMILES string of the molecule is CCCCOC(=O)CCC(=O)O[C@@H](CC(=O)OCC)C(=O)O. The van der Waals surface area contributed by atoms with Gasteiger partial charge in [-0.15, -0.1) is 0 Å². The second kappa shape index (κ2) is 11.5. The number of hydrogen-bond donors (Lipinski definition) is 1. The predicted molar refractivity (Wildman–Crippen MR) is 73.9 cm³/mol. The lowest BCUT2D eigenvalue weighted by molar-refractivity contribution is -0.169. The Balaban J connectivity index is 4.15. The molecule has 1 atom stereocenters. The molecule has 0 fully saturated rings. The van der Waals surface area contributed by atoms with E-state index in [-0.39, 0.29) is 26.1 Å². The molecule has 0 spiro atoms. The molecule has 126 valence electrons. The van der Waals surface area contributed by atoms with Gasteiger partial charge in [-0.05, 0) is 13.3 Å². The number of unbranched alkanes of at least 4 members (excludes halogenated alkanes) is 1. The Bertz CT molecular complexity index is 390. The van der Waals surface area contributed by atoms with Crippen molar-refractivity contribution >= 4 is 23.9 Å². The van der Waals surface area contributed by atoms with Crippen molar-refractivity contribution in [3.63, 3.8) is 0 Å². The fourth-order valence-corrected chi connectivity index (χ4v) is 1.37. The molecule has 0 aliphatic rings. The Morgan fingerprint density at radius 1 is 0.955 bits per heavy atom. The summed E-state index contributed by atoms with van der Waals surface area (Å²) < 4.78 is 14.1. The van der Waals surface area contributed by atoms with Crippen LogP contribution in [0, 0.1) is 0 Å². The number of carbonyl (C=O) groups is 4. The highest BCUT2D eigenvalue weighted by Crippen LogP contribution is 2.05. The van der Waals surface area contributed by atoms with Gasteiger partial charge in [-0.2, -0.15) is 0 Å². The predicted octanol–water partition coefficient (Wildman–Crippen LogP) is 1.06. The number of carbonyl (C=O) groups excluding carboxylic acids is 3. The summed E-state index contributed by atoms with van der Waals surface area (Å²) in [6.45, 7) is 3.90. The Morgan fingerprint density at radius 2 is 1.59 bits per heavy atom. The van der Waals surface area contributed by atoms with Gasteiger partial charge in [0.05, 0.1) is 32.5 Å². The van der Waals surface area contributed by atoms with E-state index in [0.29, 0.717) is 0 Å². The molecule has 0 unspecified atom stereocenters. The minimum atomic E-state index is -1.62. The molecule has 0 aromatic carbocycles. The van der Waals surface area contributed by atoms with E-state index >= 15 is 0 Å². The zero-order valence-electron chi connectivity index (χ0n) is 12.8. The largest absolute Gasteiger partial charge is 0.478 e. The number of carboxylic acids is 1. The molecule has 0 aromatic heterocycles. The third kappa shape index (κ3) is 9.73. The fourth-order valence-electron chi connectivity index (χ4n) is 1.37. The Hall–Kier alpha value is -2.12. The zero-order valence-corrected chi connectivity index (χ0v) is 12.8. The van der Waals surface area contributed by atoms with Gasteiger partial charge in [0.1, 0.15) is 0 Å². The summed E-state index contributed by atoms with van der Waals surface area (Å²) in [6.07, 6.45) is -1.09. The second-order valence-electron chi connectivity index (χ2n) is 4.40. The normalized spacial score (nSPS) is 11.4. The molecular formula is C14H22O8. The van der Waals surface area contributed by atoms with Crippen molar-refractivity contribution in [2.75, 3.05) is 13.2 Å². The van der Waals surface area contributed by atoms with Gasteiger partial charge < -0.3 is 19.3 Å². The Kier molecular flexibility index (Phi) is 10.4. The van der Waals surface area contributed by atoms with Crippen molar-refractivity contribution in [1.82, 2.24) is 0 Å². The van der Waals surface area contributed by atoms with Gasteiger partial charge in [0, 0.05) is 0 Å². The van der Waals surface area contributed by atoms with Crippen LogP contribution < -0.4 is 0 Å². The molecule has 22 heavy (non-hydrogen) atoms. The minimum absolute atomic E-state index is 0.0999. The van der Waals surface area contributed by atoms with E-state index in [4.69, 9.17) is 9.84 Å². The van der Waals surface area contributed by atoms with Crippen LogP contribution in [0.4, 0.5) is 0 Å². The minimum Gasteiger partial charge on any atom is -0.478 e. The van der Waals surface area contributed by atoms with Crippen LogP contribution >= 0.6 is 0 Å². The van der Waals surface area contributed by atoms with E-state index in [9.17, 15) is 19.2 Å². The average Bonchev–Trinajstić information content (AvgIpc) is 2.45. The Labute approximate surface area is 128 Å². The summed E-state index contributed by atoms with van der Waals surface area (Å²) in [7, 11) is 0. The average molecular weight is 318 g/mol. The number of aliphatic carboxylic acids is 1. The first kappa shape index (κ1) is 19.9. The zero-order chi connectivity index (χ0) is 17.0. The van der Waals surface area contributed by atoms with Crippen LogP contribution in [-0.4, -0.2) is 48.3 Å². The quantitative estimate of drug-likeness (QED) is 0.341. The molecule has 0 radical (unpaired) electrons. The third-order valence-electron chi connectivity index (χ3n) is 2.50. The van der Waals surface area contributed by atoms with Gasteiger partial charge in [0.2, 0.25) is 6.10 Å². The van der Waals surface area contributed by atoms with Gasteiger partial charge in [0.15, 0.2) is 0 Å². The number of rotatable bonds is 11. The lowest BCUT2D eigenvalue weighted by atomic mass is 10.2. The first-order valence-corrected chi connectivity index (χ1v) is 7.14. The van der Waals surface area contributed by atoms with Crippen molar-refractivity contribution in [3.8, 4) is 0 Å². The maximum Gasteiger partial charge on any atom is 0.345 e. The van der Waals surface area contributed by atoms with Crippen molar-refractivity contribution < 1.29 is 38.5 Å². The third-order valence-corrected chi connectivity index (χ3v) is 2.50. The molecule has 0 rings (SSSR count). The van der Waals surface area contributed by atoms with Crippen LogP contribution in [-0.2, 0) is 33.4 Å². The molecule has 0 saturated carbocycles. The van der Waals surface area contributed by atoms with Gasteiger partial charge in [-0.25, -0.2) is 4.79 Å². The molecule has 8 heteroatoms. The maximum atomic E-state index is 11.5. The van der Waals surface area contributed by atoms with Crippen molar-refractivity contribution in [3.05, 3.63) is 0 Å². The van der Waals surface area contributed by atoms with Gasteiger partial charge in [-0.3, -0.25) is 14.4 Å². The summed E-state index contributed by atoms with van der Waals surface area (Å²) in [5.41, 5.74) is 0. The highest BCUT2D eigenvalue weighted by Gasteiger charge is 2.26. The molecule has 0 saturated heterocycles. The molecule has 8 nitrogen and oxygen atoms in total. The molecule has 0 amide bonds. The van der Waals surface area contributed by atoms with E-state index < -0.39 is 36.4 Å². The number of hydrogen-bond acceptors (Lipinski definition) is 7. The van der Waals surface area contributed by atoms with Crippen LogP contribution in [0.1, 0.15) is 46.0 Å². The molecule has 0 aliphatic heterocycles. The van der Waals surface area contributed by atoms with E-state index in [0.717, 1.165) is 12.8 Å². The smallest absolute Gasteiger partial charge is 0.345 e. The summed E-state index contributed by atoms with van der Waals surface area (Å²) in [5, 5.41) is 8.88. The summed E-state index contributed by atoms with van der Waals surface area (Å²) >= 11 is 0. The maximum absolute atomic E-state index is 11.5. The van der Waals surface area contributed by atoms with Crippen LogP contribution in [0.5, 0.6) is 0 Å². The lowest BCUT2D eigenvalue weighted by Crippen LogP contribution is -2.30. The van der Waals surface area contributed by atoms with E-state index in [1.54, 1.807) is 6.92 Å². The molecule has 0 bridgehead atoms. The monoisotopic (exact) mass is 318 g/mol. The number of esters is 3. The van der Waals surface area contributed by atoms with Crippen molar-refractivity contribution in [1.29, 1.82) is 0 Å². The Morgan fingerprint density at radius 3 is 2.14 bits per heavy atom. The van der Waals surface area contributed by atoms with Crippen LogP contribution in [0.2, 0.25) is 0 Å². The first-order valence-electron chi connectivity index (χ1n) is 7.14. The highest BCUT2D eigenvalue weighted by atomic mass is 16.6. The second-order valence-corrected chi connectivity index (χ2v) is 4.40. The molecule has 0 aliphatic carbocycles. The van der Waals surface area contributed by atoms with Crippen molar-refractivity contribution in [2.45, 2.75) is 52.1 Å². The van der Waals surface area contributed by atoms with Gasteiger partial charge in [-0.1, -0.05) is 13.3 Å². The lowest BCUT2D eigenvalue weighted by Gasteiger charge is -2.13. The summed E-state index contributed by atoms with van der Waals surface area (Å²) in [6, 6.07) is 0. The van der Waals surface area contributed by atoms with Crippen LogP contribution in [0.3, 0.4) is 0 Å². The van der Waals surface area contributed by atoms with E-state index in [1.807, 2.05) is 6.92 Å². The summed E-state index contributed by atoms with van der Waals surface area (Å²) in [5.74, 6) is -3.67. The molecule has 1 N–H and O–H groups in total. The topological polar surface area (TPSA) is 116 Å². The molecular weight excluding hydrogens is 296 g/mol. The van der Waals surface area contributed by atoms with E-state index in [2.05, 4.69) is 9.47 Å². The highest BCUT2D eigenvalue weighted by molar-refractivity contribution is 5.84. The first-order chi connectivity index (χ1) is 10.4. The fraction of sp³-hybridized carbons (Fsp3) is 0.714. The van der Waals surface area contributed by atoms with Gasteiger partial charge >= 0.3 is 23.9 Å². The summed E-state index contributed by atoms with van der Waals surface area (Å²) in [4.78, 5) is 44.9. The molecule has 0 aromatic rings.